The lowest BCUT2D eigenvalue weighted by molar-refractivity contribution is -0.151. The van der Waals surface area contributed by atoms with Crippen LogP contribution in [0.25, 0.3) is 0 Å². The van der Waals surface area contributed by atoms with Gasteiger partial charge in [-0.3, -0.25) is 9.59 Å². The standard InChI is InChI=1S/C47H89NO5/c1-4-7-10-13-16-19-22-24-26-29-32-35-38-43(53-47(52)40-37-34-31-28-21-18-15-12-9-6-3)41-46(51)48-44(42-49)45(50)39-36-33-30-27-25-23-20-17-14-11-8-5-2/h7,10,16,19,43-45,49-50H,4-6,8-9,11-15,17-18,20-42H2,1-3H3,(H,48,51)/b10-7+,19-16+. The first-order chi connectivity index (χ1) is 26.0. The van der Waals surface area contributed by atoms with Crippen LogP contribution in [0, 0.1) is 0 Å². The van der Waals surface area contributed by atoms with E-state index in [2.05, 4.69) is 50.4 Å². The molecule has 0 saturated heterocycles. The molecule has 6 nitrogen and oxygen atoms in total. The fourth-order valence-corrected chi connectivity index (χ4v) is 7.06. The van der Waals surface area contributed by atoms with Crippen molar-refractivity contribution >= 4 is 11.9 Å². The molecule has 0 radical (unpaired) electrons. The Morgan fingerprint density at radius 1 is 0.566 bits per heavy atom. The van der Waals surface area contributed by atoms with Crippen molar-refractivity contribution in [2.24, 2.45) is 0 Å². The van der Waals surface area contributed by atoms with Gasteiger partial charge in [0.05, 0.1) is 25.2 Å². The number of rotatable bonds is 41. The topological polar surface area (TPSA) is 95.9 Å². The van der Waals surface area contributed by atoms with Crippen LogP contribution in [0.4, 0.5) is 0 Å². The van der Waals surface area contributed by atoms with Crippen molar-refractivity contribution < 1.29 is 24.5 Å². The largest absolute Gasteiger partial charge is 0.462 e. The molecule has 0 bridgehead atoms. The van der Waals surface area contributed by atoms with Gasteiger partial charge in [0.15, 0.2) is 0 Å². The Morgan fingerprint density at radius 2 is 1.02 bits per heavy atom. The summed E-state index contributed by atoms with van der Waals surface area (Å²) in [5.74, 6) is -0.483. The Balaban J connectivity index is 4.57. The Kier molecular flexibility index (Phi) is 40.2. The molecule has 3 N–H and O–H groups in total. The first-order valence-corrected chi connectivity index (χ1v) is 23.1. The number of nitrogens with one attached hydrogen (secondary N) is 1. The summed E-state index contributed by atoms with van der Waals surface area (Å²) in [4.78, 5) is 25.9. The molecule has 0 rings (SSSR count). The molecule has 3 unspecified atom stereocenters. The number of aliphatic hydroxyl groups excluding tert-OH is 2. The summed E-state index contributed by atoms with van der Waals surface area (Å²) >= 11 is 0. The van der Waals surface area contributed by atoms with E-state index in [1.165, 1.54) is 122 Å². The van der Waals surface area contributed by atoms with Gasteiger partial charge in [-0.15, -0.1) is 0 Å². The number of allylic oxidation sites excluding steroid dienone is 4. The molecule has 0 saturated carbocycles. The zero-order valence-corrected chi connectivity index (χ0v) is 35.4. The monoisotopic (exact) mass is 748 g/mol. The van der Waals surface area contributed by atoms with Crippen molar-refractivity contribution in [3.63, 3.8) is 0 Å². The number of hydrogen-bond acceptors (Lipinski definition) is 5. The second-order valence-electron chi connectivity index (χ2n) is 15.8. The molecule has 0 heterocycles. The number of unbranched alkanes of at least 4 members (excludes halogenated alkanes) is 25. The summed E-state index contributed by atoms with van der Waals surface area (Å²) in [6, 6.07) is -0.699. The molecule has 53 heavy (non-hydrogen) atoms. The van der Waals surface area contributed by atoms with Gasteiger partial charge in [0.25, 0.3) is 0 Å². The van der Waals surface area contributed by atoms with Crippen LogP contribution in [-0.2, 0) is 14.3 Å². The molecule has 0 aromatic carbocycles. The van der Waals surface area contributed by atoms with E-state index in [9.17, 15) is 19.8 Å². The molecule has 0 aliphatic carbocycles. The molecule has 0 spiro atoms. The highest BCUT2D eigenvalue weighted by atomic mass is 16.5. The van der Waals surface area contributed by atoms with Crippen LogP contribution in [0.3, 0.4) is 0 Å². The SMILES string of the molecule is CC/C=C/C/C=C/CCCCCCCC(CC(=O)NC(CO)C(O)CCCCCCCCCCCCCC)OC(=O)CCCCCCCCCCCC. The zero-order chi connectivity index (χ0) is 38.9. The number of aliphatic hydroxyl groups is 2. The van der Waals surface area contributed by atoms with Crippen LogP contribution in [0.5, 0.6) is 0 Å². The average molecular weight is 748 g/mol. The van der Waals surface area contributed by atoms with Gasteiger partial charge in [-0.25, -0.2) is 0 Å². The summed E-state index contributed by atoms with van der Waals surface area (Å²) in [5, 5.41) is 23.6. The highest BCUT2D eigenvalue weighted by molar-refractivity contribution is 5.77. The highest BCUT2D eigenvalue weighted by Crippen LogP contribution is 2.18. The number of amides is 1. The summed E-state index contributed by atoms with van der Waals surface area (Å²) in [6.07, 6.45) is 45.2. The van der Waals surface area contributed by atoms with E-state index in [1.54, 1.807) is 0 Å². The third kappa shape index (κ3) is 37.1. The van der Waals surface area contributed by atoms with Crippen molar-refractivity contribution in [1.29, 1.82) is 0 Å². The van der Waals surface area contributed by atoms with Gasteiger partial charge in [0, 0.05) is 6.42 Å². The fourth-order valence-electron chi connectivity index (χ4n) is 7.06. The van der Waals surface area contributed by atoms with E-state index < -0.39 is 18.2 Å². The second kappa shape index (κ2) is 41.5. The summed E-state index contributed by atoms with van der Waals surface area (Å²) in [7, 11) is 0. The normalized spacial score (nSPS) is 13.5. The minimum absolute atomic E-state index is 0.0723. The first kappa shape index (κ1) is 51.3. The Morgan fingerprint density at radius 3 is 1.53 bits per heavy atom. The molecule has 6 heteroatoms. The van der Waals surface area contributed by atoms with Crippen LogP contribution in [0.1, 0.15) is 239 Å². The van der Waals surface area contributed by atoms with Crippen LogP contribution in [-0.4, -0.2) is 46.9 Å². The molecule has 0 fully saturated rings. The first-order valence-electron chi connectivity index (χ1n) is 23.1. The lowest BCUT2D eigenvalue weighted by atomic mass is 10.0. The summed E-state index contributed by atoms with van der Waals surface area (Å²) in [5.41, 5.74) is 0. The van der Waals surface area contributed by atoms with E-state index in [0.717, 1.165) is 70.6 Å². The minimum atomic E-state index is -0.785. The number of carbonyl (C=O) groups is 2. The van der Waals surface area contributed by atoms with Crippen LogP contribution < -0.4 is 5.32 Å². The van der Waals surface area contributed by atoms with Gasteiger partial charge in [-0.1, -0.05) is 199 Å². The second-order valence-corrected chi connectivity index (χ2v) is 15.8. The third-order valence-corrected chi connectivity index (χ3v) is 10.5. The number of hydrogen-bond donors (Lipinski definition) is 3. The van der Waals surface area contributed by atoms with E-state index >= 15 is 0 Å². The minimum Gasteiger partial charge on any atom is -0.462 e. The molecule has 312 valence electrons. The van der Waals surface area contributed by atoms with Crippen LogP contribution in [0.15, 0.2) is 24.3 Å². The molecular formula is C47H89NO5. The van der Waals surface area contributed by atoms with E-state index in [0.29, 0.717) is 19.3 Å². The van der Waals surface area contributed by atoms with Gasteiger partial charge >= 0.3 is 5.97 Å². The molecule has 1 amide bonds. The predicted octanol–water partition coefficient (Wildman–Crippen LogP) is 13.2. The maximum atomic E-state index is 13.1. The van der Waals surface area contributed by atoms with Crippen molar-refractivity contribution in [1.82, 2.24) is 5.32 Å². The van der Waals surface area contributed by atoms with E-state index in [1.807, 2.05) is 0 Å². The predicted molar refractivity (Wildman–Crippen MR) is 227 cm³/mol. The summed E-state index contributed by atoms with van der Waals surface area (Å²) < 4.78 is 5.89. The maximum Gasteiger partial charge on any atom is 0.306 e. The molecular weight excluding hydrogens is 659 g/mol. The summed E-state index contributed by atoms with van der Waals surface area (Å²) in [6.45, 7) is 6.35. The average Bonchev–Trinajstić information content (AvgIpc) is 3.15. The number of ether oxygens (including phenoxy) is 1. The Hall–Kier alpha value is -1.66. The Bertz CT molecular complexity index is 843. The van der Waals surface area contributed by atoms with Gasteiger partial charge in [-0.2, -0.15) is 0 Å². The smallest absolute Gasteiger partial charge is 0.306 e. The van der Waals surface area contributed by atoms with Gasteiger partial charge in [0.1, 0.15) is 6.10 Å². The number of esters is 1. The molecule has 0 aromatic heterocycles. The highest BCUT2D eigenvalue weighted by Gasteiger charge is 2.24. The fraction of sp³-hybridized carbons (Fsp3) is 0.872. The number of carbonyl (C=O) groups excluding carboxylic acids is 2. The quantitative estimate of drug-likeness (QED) is 0.0329. The van der Waals surface area contributed by atoms with Crippen molar-refractivity contribution in [3.05, 3.63) is 24.3 Å². The Labute approximate surface area is 329 Å². The van der Waals surface area contributed by atoms with Gasteiger partial charge < -0.3 is 20.3 Å². The van der Waals surface area contributed by atoms with Gasteiger partial charge in [0.2, 0.25) is 5.91 Å². The van der Waals surface area contributed by atoms with Crippen molar-refractivity contribution in [3.8, 4) is 0 Å². The zero-order valence-electron chi connectivity index (χ0n) is 35.4. The van der Waals surface area contributed by atoms with Gasteiger partial charge in [-0.05, 0) is 51.4 Å². The van der Waals surface area contributed by atoms with Crippen molar-refractivity contribution in [2.75, 3.05) is 6.61 Å². The lowest BCUT2D eigenvalue weighted by Gasteiger charge is -2.24. The van der Waals surface area contributed by atoms with E-state index in [4.69, 9.17) is 4.74 Å². The maximum absolute atomic E-state index is 13.1. The molecule has 3 atom stereocenters. The molecule has 0 aliphatic heterocycles. The third-order valence-electron chi connectivity index (χ3n) is 10.5. The lowest BCUT2D eigenvalue weighted by Crippen LogP contribution is -2.46. The van der Waals surface area contributed by atoms with Crippen molar-refractivity contribution in [2.45, 2.75) is 257 Å². The molecule has 0 aliphatic rings. The van der Waals surface area contributed by atoms with E-state index in [-0.39, 0.29) is 24.9 Å². The molecule has 0 aromatic rings. The van der Waals surface area contributed by atoms with Crippen LogP contribution in [0.2, 0.25) is 0 Å². The van der Waals surface area contributed by atoms with Crippen LogP contribution >= 0.6 is 0 Å².